The Balaban J connectivity index is 2.04. The van der Waals surface area contributed by atoms with Gasteiger partial charge in [0, 0.05) is 6.42 Å². The lowest BCUT2D eigenvalue weighted by atomic mass is 10.2. The number of esters is 2. The van der Waals surface area contributed by atoms with Gasteiger partial charge in [0.25, 0.3) is 0 Å². The molecule has 1 aromatic carbocycles. The fourth-order valence-electron chi connectivity index (χ4n) is 2.10. The molecule has 1 heterocycles. The molecule has 1 N–H and O–H groups in total. The molecule has 2 rings (SSSR count). The summed E-state index contributed by atoms with van der Waals surface area (Å²) < 4.78 is 33.1. The fraction of sp³-hybridized carbons (Fsp3) is 0.467. The molecule has 1 aliphatic rings. The van der Waals surface area contributed by atoms with Gasteiger partial charge in [-0.15, -0.1) is 0 Å². The maximum Gasteiger partial charge on any atom is 0.513 e. The molecule has 24 heavy (non-hydrogen) atoms. The lowest BCUT2D eigenvalue weighted by Crippen LogP contribution is -2.38. The van der Waals surface area contributed by atoms with E-state index in [2.05, 4.69) is 5.09 Å². The van der Waals surface area contributed by atoms with Gasteiger partial charge in [-0.25, -0.2) is 4.57 Å². The van der Waals surface area contributed by atoms with E-state index in [-0.39, 0.29) is 26.1 Å². The van der Waals surface area contributed by atoms with E-state index in [9.17, 15) is 14.2 Å². The van der Waals surface area contributed by atoms with Crippen LogP contribution in [-0.2, 0) is 23.6 Å². The number of carbonyl (C=O) groups is 2. The van der Waals surface area contributed by atoms with Crippen LogP contribution in [0.1, 0.15) is 26.7 Å². The average Bonchev–Trinajstić information content (AvgIpc) is 2.88. The first-order valence-electron chi connectivity index (χ1n) is 7.65. The zero-order chi connectivity index (χ0) is 17.6. The van der Waals surface area contributed by atoms with Crippen LogP contribution in [0.3, 0.4) is 0 Å². The zero-order valence-corrected chi connectivity index (χ0v) is 14.4. The van der Waals surface area contributed by atoms with Gasteiger partial charge >= 0.3 is 19.7 Å². The molecule has 1 aromatic rings. The van der Waals surface area contributed by atoms with Gasteiger partial charge in [-0.3, -0.25) is 9.59 Å². The van der Waals surface area contributed by atoms with Crippen LogP contribution in [0.2, 0.25) is 0 Å². The third-order valence-electron chi connectivity index (χ3n) is 3.11. The molecular weight excluding hydrogens is 337 g/mol. The molecule has 0 radical (unpaired) electrons. The van der Waals surface area contributed by atoms with Crippen LogP contribution in [-0.4, -0.2) is 31.2 Å². The number of hydrogen-bond acceptors (Lipinski definition) is 7. The summed E-state index contributed by atoms with van der Waals surface area (Å²) in [4.78, 5) is 23.5. The molecule has 0 spiro atoms. The van der Waals surface area contributed by atoms with Crippen molar-refractivity contribution in [2.75, 3.05) is 13.2 Å². The fourth-order valence-corrected chi connectivity index (χ4v) is 3.67. The molecule has 0 saturated carbocycles. The first-order valence-corrected chi connectivity index (χ1v) is 9.20. The molecule has 8 nitrogen and oxygen atoms in total. The predicted molar refractivity (Wildman–Crippen MR) is 84.7 cm³/mol. The Morgan fingerprint density at radius 2 is 1.71 bits per heavy atom. The van der Waals surface area contributed by atoms with Crippen molar-refractivity contribution in [1.82, 2.24) is 5.09 Å². The van der Waals surface area contributed by atoms with E-state index in [1.807, 2.05) is 0 Å². The largest absolute Gasteiger partial charge is 0.513 e. The number of rotatable bonds is 8. The van der Waals surface area contributed by atoms with Crippen molar-refractivity contribution in [2.45, 2.75) is 32.7 Å². The van der Waals surface area contributed by atoms with Gasteiger partial charge in [0.1, 0.15) is 6.04 Å². The summed E-state index contributed by atoms with van der Waals surface area (Å²) in [7, 11) is -3.76. The van der Waals surface area contributed by atoms with Gasteiger partial charge in [-0.05, 0) is 32.4 Å². The van der Waals surface area contributed by atoms with Crippen molar-refractivity contribution in [3.63, 3.8) is 0 Å². The second-order valence-corrected chi connectivity index (χ2v) is 6.52. The molecule has 0 amide bonds. The summed E-state index contributed by atoms with van der Waals surface area (Å²) >= 11 is 0. The van der Waals surface area contributed by atoms with Gasteiger partial charge in [0.05, 0.1) is 13.2 Å². The van der Waals surface area contributed by atoms with Crippen LogP contribution in [0.25, 0.3) is 0 Å². The average molecular weight is 357 g/mol. The van der Waals surface area contributed by atoms with Gasteiger partial charge in [0.2, 0.25) is 0 Å². The summed E-state index contributed by atoms with van der Waals surface area (Å²) in [5.41, 5.74) is 0. The highest BCUT2D eigenvalue weighted by atomic mass is 31.2. The van der Waals surface area contributed by atoms with Gasteiger partial charge in [-0.1, -0.05) is 12.1 Å². The summed E-state index contributed by atoms with van der Waals surface area (Å²) in [6.07, 6.45) is 0.0159. The first-order chi connectivity index (χ1) is 11.5. The van der Waals surface area contributed by atoms with Gasteiger partial charge in [-0.2, -0.15) is 5.09 Å². The normalized spacial score (nSPS) is 15.6. The monoisotopic (exact) mass is 357 g/mol. The van der Waals surface area contributed by atoms with Crippen molar-refractivity contribution in [2.24, 2.45) is 0 Å². The van der Waals surface area contributed by atoms with E-state index in [1.54, 1.807) is 38.1 Å². The Morgan fingerprint density at radius 1 is 1.12 bits per heavy atom. The van der Waals surface area contributed by atoms with Crippen LogP contribution in [0.15, 0.2) is 24.3 Å². The Morgan fingerprint density at radius 3 is 2.25 bits per heavy atom. The number of ether oxygens (including phenoxy) is 2. The molecule has 0 aromatic heterocycles. The Hall–Kier alpha value is -2.05. The SMILES string of the molecule is CCOC(=O)CC[C@H](NP1(=O)Oc2ccccc2O1)C(=O)OCC. The minimum absolute atomic E-state index is 0.0305. The molecule has 0 unspecified atom stereocenters. The van der Waals surface area contributed by atoms with E-state index in [1.165, 1.54) is 0 Å². The lowest BCUT2D eigenvalue weighted by Gasteiger charge is -2.19. The summed E-state index contributed by atoms with van der Waals surface area (Å²) in [5, 5.41) is 2.55. The molecule has 9 heteroatoms. The number of benzene rings is 1. The summed E-state index contributed by atoms with van der Waals surface area (Å²) in [6.45, 7) is 3.74. The second kappa shape index (κ2) is 8.17. The van der Waals surface area contributed by atoms with Crippen LogP contribution in [0.5, 0.6) is 11.5 Å². The summed E-state index contributed by atoms with van der Waals surface area (Å²) in [6, 6.07) is 5.61. The molecule has 1 aliphatic heterocycles. The van der Waals surface area contributed by atoms with E-state index in [4.69, 9.17) is 18.5 Å². The van der Waals surface area contributed by atoms with E-state index < -0.39 is 25.7 Å². The van der Waals surface area contributed by atoms with Crippen molar-refractivity contribution in [1.29, 1.82) is 0 Å². The molecule has 1 atom stereocenters. The molecule has 0 fully saturated rings. The van der Waals surface area contributed by atoms with E-state index in [0.717, 1.165) is 0 Å². The third kappa shape index (κ3) is 4.72. The topological polar surface area (TPSA) is 100 Å². The molecule has 0 bridgehead atoms. The highest BCUT2D eigenvalue weighted by Gasteiger charge is 2.41. The maximum absolute atomic E-state index is 12.7. The number of hydrogen-bond donors (Lipinski definition) is 1. The third-order valence-corrected chi connectivity index (χ3v) is 4.62. The lowest BCUT2D eigenvalue weighted by molar-refractivity contribution is -0.146. The Labute approximate surface area is 140 Å². The minimum atomic E-state index is -3.76. The highest BCUT2D eigenvalue weighted by Crippen LogP contribution is 2.55. The van der Waals surface area contributed by atoms with Crippen LogP contribution >= 0.6 is 7.75 Å². The minimum Gasteiger partial charge on any atom is -0.466 e. The molecular formula is C15H20NO7P. The number of para-hydroxylation sites is 2. The zero-order valence-electron chi connectivity index (χ0n) is 13.5. The number of carbonyl (C=O) groups excluding carboxylic acids is 2. The smallest absolute Gasteiger partial charge is 0.466 e. The van der Waals surface area contributed by atoms with Crippen molar-refractivity contribution < 1.29 is 32.7 Å². The number of fused-ring (bicyclic) bond motifs is 1. The molecule has 0 saturated heterocycles. The Bertz CT molecular complexity index is 619. The first kappa shape index (κ1) is 18.3. The van der Waals surface area contributed by atoms with Crippen molar-refractivity contribution >= 4 is 19.7 Å². The van der Waals surface area contributed by atoms with Crippen molar-refractivity contribution in [3.05, 3.63) is 24.3 Å². The molecule has 132 valence electrons. The van der Waals surface area contributed by atoms with Crippen LogP contribution in [0.4, 0.5) is 0 Å². The van der Waals surface area contributed by atoms with Gasteiger partial charge < -0.3 is 18.5 Å². The standard InChI is InChI=1S/C15H20NO7P/c1-3-20-14(17)10-9-11(15(18)21-4-2)16-24(19)22-12-7-5-6-8-13(12)23-24/h5-8,11H,3-4,9-10H2,1-2H3,(H,16,19)/t11-/m0/s1. The summed E-state index contributed by atoms with van der Waals surface area (Å²) in [5.74, 6) is -0.453. The van der Waals surface area contributed by atoms with Crippen LogP contribution in [0, 0.1) is 0 Å². The van der Waals surface area contributed by atoms with Gasteiger partial charge in [0.15, 0.2) is 11.5 Å². The predicted octanol–water partition coefficient (Wildman–Crippen LogP) is 2.43. The van der Waals surface area contributed by atoms with Crippen LogP contribution < -0.4 is 14.1 Å². The maximum atomic E-state index is 12.7. The quantitative estimate of drug-likeness (QED) is 0.559. The molecule has 0 aliphatic carbocycles. The van der Waals surface area contributed by atoms with E-state index in [0.29, 0.717) is 11.5 Å². The van der Waals surface area contributed by atoms with Crippen molar-refractivity contribution in [3.8, 4) is 11.5 Å². The highest BCUT2D eigenvalue weighted by molar-refractivity contribution is 7.52. The number of nitrogens with one attached hydrogen (secondary N) is 1. The second-order valence-electron chi connectivity index (χ2n) is 4.90. The Kier molecular flexibility index (Phi) is 6.23. The van der Waals surface area contributed by atoms with E-state index >= 15 is 0 Å².